The van der Waals surface area contributed by atoms with Crippen LogP contribution in [-0.2, 0) is 19.1 Å². The summed E-state index contributed by atoms with van der Waals surface area (Å²) >= 11 is 0. The molecule has 0 N–H and O–H groups in total. The zero-order valence-electron chi connectivity index (χ0n) is 11.9. The summed E-state index contributed by atoms with van der Waals surface area (Å²) in [5.41, 5.74) is 0.336. The number of rotatable bonds is 5. The Balaban J connectivity index is 2.22. The fourth-order valence-electron chi connectivity index (χ4n) is 2.16. The molecular formula is C14H19F3O4. The van der Waals surface area contributed by atoms with Crippen molar-refractivity contribution < 1.29 is 32.2 Å². The summed E-state index contributed by atoms with van der Waals surface area (Å²) < 4.78 is 45.2. The highest BCUT2D eigenvalue weighted by molar-refractivity contribution is 5.86. The maximum atomic E-state index is 12.0. The molecule has 0 atom stereocenters. The van der Waals surface area contributed by atoms with Crippen LogP contribution in [0.4, 0.5) is 13.2 Å². The summed E-state index contributed by atoms with van der Waals surface area (Å²) in [7, 11) is 0. The summed E-state index contributed by atoms with van der Waals surface area (Å²) in [5, 5.41) is 0. The highest BCUT2D eigenvalue weighted by Gasteiger charge is 2.41. The lowest BCUT2D eigenvalue weighted by molar-refractivity contribution is -0.201. The van der Waals surface area contributed by atoms with Crippen LogP contribution in [0.1, 0.15) is 32.6 Å². The van der Waals surface area contributed by atoms with E-state index in [1.54, 1.807) is 6.92 Å². The molecule has 0 unspecified atom stereocenters. The summed E-state index contributed by atoms with van der Waals surface area (Å²) in [6.07, 6.45) is -2.16. The molecule has 1 rings (SSSR count). The van der Waals surface area contributed by atoms with Crippen LogP contribution in [0, 0.1) is 11.8 Å². The predicted molar refractivity (Wildman–Crippen MR) is 68.2 cm³/mol. The van der Waals surface area contributed by atoms with Crippen molar-refractivity contribution in [2.75, 3.05) is 13.2 Å². The standard InChI is InChI=1S/C14H19F3O4/c1-9(2)12(18)20-7-10-3-5-11(6-4-10)8-21-13(19)14(15,16)17/h10-11H,1,3-8H2,2H3. The third-order valence-corrected chi connectivity index (χ3v) is 3.45. The third kappa shape index (κ3) is 6.18. The van der Waals surface area contributed by atoms with Gasteiger partial charge in [0.1, 0.15) is 0 Å². The first kappa shape index (κ1) is 17.5. The van der Waals surface area contributed by atoms with Crippen molar-refractivity contribution in [1.82, 2.24) is 0 Å². The Morgan fingerprint density at radius 1 is 1.05 bits per heavy atom. The number of carbonyl (C=O) groups is 2. The highest BCUT2D eigenvalue weighted by Crippen LogP contribution is 2.30. The van der Waals surface area contributed by atoms with Crippen molar-refractivity contribution in [3.05, 3.63) is 12.2 Å². The smallest absolute Gasteiger partial charge is 0.462 e. The molecule has 0 aromatic rings. The highest BCUT2D eigenvalue weighted by atomic mass is 19.4. The van der Waals surface area contributed by atoms with Crippen molar-refractivity contribution >= 4 is 11.9 Å². The van der Waals surface area contributed by atoms with E-state index in [1.165, 1.54) is 0 Å². The molecule has 1 aliphatic carbocycles. The van der Waals surface area contributed by atoms with E-state index in [0.717, 1.165) is 12.8 Å². The number of carbonyl (C=O) groups excluding carboxylic acids is 2. The number of esters is 2. The second-order valence-electron chi connectivity index (χ2n) is 5.36. The average Bonchev–Trinajstić information content (AvgIpc) is 2.42. The Hall–Kier alpha value is -1.53. The molecule has 0 bridgehead atoms. The molecule has 0 spiro atoms. The molecule has 0 aromatic heterocycles. The minimum absolute atomic E-state index is 0.0654. The van der Waals surface area contributed by atoms with E-state index in [4.69, 9.17) is 4.74 Å². The summed E-state index contributed by atoms with van der Waals surface area (Å²) in [4.78, 5) is 21.8. The zero-order chi connectivity index (χ0) is 16.0. The van der Waals surface area contributed by atoms with Gasteiger partial charge in [0.05, 0.1) is 13.2 Å². The number of halogens is 3. The van der Waals surface area contributed by atoms with Gasteiger partial charge in [-0.2, -0.15) is 13.2 Å². The Kier molecular flexibility index (Phi) is 6.23. The minimum Gasteiger partial charge on any atom is -0.462 e. The fourth-order valence-corrected chi connectivity index (χ4v) is 2.16. The Morgan fingerprint density at radius 3 is 1.86 bits per heavy atom. The van der Waals surface area contributed by atoms with Gasteiger partial charge in [-0.15, -0.1) is 0 Å². The predicted octanol–water partition coefficient (Wildman–Crippen LogP) is 3.02. The Bertz CT molecular complexity index is 396. The Morgan fingerprint density at radius 2 is 1.48 bits per heavy atom. The maximum Gasteiger partial charge on any atom is 0.490 e. The van der Waals surface area contributed by atoms with Crippen molar-refractivity contribution in [1.29, 1.82) is 0 Å². The molecule has 21 heavy (non-hydrogen) atoms. The van der Waals surface area contributed by atoms with Crippen LogP contribution in [0.25, 0.3) is 0 Å². The summed E-state index contributed by atoms with van der Waals surface area (Å²) in [6, 6.07) is 0. The first-order valence-corrected chi connectivity index (χ1v) is 6.76. The summed E-state index contributed by atoms with van der Waals surface area (Å²) in [6.45, 7) is 5.12. The molecule has 1 fully saturated rings. The zero-order valence-corrected chi connectivity index (χ0v) is 11.9. The molecule has 1 saturated carbocycles. The SMILES string of the molecule is C=C(C)C(=O)OCC1CCC(COC(=O)C(F)(F)F)CC1. The molecule has 4 nitrogen and oxygen atoms in total. The second kappa shape index (κ2) is 7.47. The molecule has 0 amide bonds. The fraction of sp³-hybridized carbons (Fsp3) is 0.714. The van der Waals surface area contributed by atoms with Gasteiger partial charge in [0, 0.05) is 5.57 Å². The van der Waals surface area contributed by atoms with Crippen molar-refractivity contribution in [3.63, 3.8) is 0 Å². The molecule has 0 radical (unpaired) electrons. The van der Waals surface area contributed by atoms with E-state index in [1.807, 2.05) is 0 Å². The van der Waals surface area contributed by atoms with Gasteiger partial charge in [-0.3, -0.25) is 0 Å². The Labute approximate surface area is 121 Å². The topological polar surface area (TPSA) is 52.6 Å². The van der Waals surface area contributed by atoms with Crippen LogP contribution in [-0.4, -0.2) is 31.3 Å². The van der Waals surface area contributed by atoms with Gasteiger partial charge in [-0.05, 0) is 44.4 Å². The van der Waals surface area contributed by atoms with Crippen LogP contribution >= 0.6 is 0 Å². The van der Waals surface area contributed by atoms with Crippen molar-refractivity contribution in [3.8, 4) is 0 Å². The number of alkyl halides is 3. The van der Waals surface area contributed by atoms with Gasteiger partial charge in [0.25, 0.3) is 0 Å². The molecule has 120 valence electrons. The number of hydrogen-bond donors (Lipinski definition) is 0. The maximum absolute atomic E-state index is 12.0. The van der Waals surface area contributed by atoms with Crippen LogP contribution in [0.15, 0.2) is 12.2 Å². The normalized spacial score (nSPS) is 22.5. The van der Waals surface area contributed by atoms with Gasteiger partial charge in [-0.25, -0.2) is 9.59 Å². The largest absolute Gasteiger partial charge is 0.490 e. The lowest BCUT2D eigenvalue weighted by atomic mass is 9.83. The van der Waals surface area contributed by atoms with Gasteiger partial charge in [0.2, 0.25) is 0 Å². The molecule has 0 saturated heterocycles. The third-order valence-electron chi connectivity index (χ3n) is 3.45. The first-order chi connectivity index (χ1) is 9.70. The second-order valence-corrected chi connectivity index (χ2v) is 5.36. The van der Waals surface area contributed by atoms with Gasteiger partial charge < -0.3 is 9.47 Å². The van der Waals surface area contributed by atoms with Crippen molar-refractivity contribution in [2.24, 2.45) is 11.8 Å². The first-order valence-electron chi connectivity index (χ1n) is 6.76. The minimum atomic E-state index is -4.94. The van der Waals surface area contributed by atoms with Crippen LogP contribution in [0.2, 0.25) is 0 Å². The van der Waals surface area contributed by atoms with Crippen LogP contribution in [0.3, 0.4) is 0 Å². The van der Waals surface area contributed by atoms with Gasteiger partial charge in [-0.1, -0.05) is 6.58 Å². The van der Waals surface area contributed by atoms with E-state index in [0.29, 0.717) is 25.0 Å². The number of ether oxygens (including phenoxy) is 2. The van der Waals surface area contributed by atoms with Gasteiger partial charge >= 0.3 is 18.1 Å². The monoisotopic (exact) mass is 308 g/mol. The average molecular weight is 308 g/mol. The van der Waals surface area contributed by atoms with E-state index in [-0.39, 0.29) is 18.4 Å². The molecule has 7 heteroatoms. The molecule has 0 aromatic carbocycles. The van der Waals surface area contributed by atoms with E-state index in [2.05, 4.69) is 11.3 Å². The summed E-state index contributed by atoms with van der Waals surface area (Å²) in [5.74, 6) is -2.44. The lowest BCUT2D eigenvalue weighted by Gasteiger charge is -2.27. The molecular weight excluding hydrogens is 289 g/mol. The van der Waals surface area contributed by atoms with E-state index >= 15 is 0 Å². The molecule has 0 aliphatic heterocycles. The number of hydrogen-bond acceptors (Lipinski definition) is 4. The van der Waals surface area contributed by atoms with Gasteiger partial charge in [0.15, 0.2) is 0 Å². The van der Waals surface area contributed by atoms with Crippen LogP contribution < -0.4 is 0 Å². The molecule has 0 heterocycles. The van der Waals surface area contributed by atoms with Crippen molar-refractivity contribution in [2.45, 2.75) is 38.8 Å². The quantitative estimate of drug-likeness (QED) is 0.579. The lowest BCUT2D eigenvalue weighted by Crippen LogP contribution is -2.29. The van der Waals surface area contributed by atoms with Crippen LogP contribution in [0.5, 0.6) is 0 Å². The molecule has 1 aliphatic rings. The van der Waals surface area contributed by atoms with E-state index in [9.17, 15) is 22.8 Å². The van der Waals surface area contributed by atoms with E-state index < -0.39 is 18.1 Å².